The molecule has 6 heteroatoms. The van der Waals surface area contributed by atoms with Crippen molar-refractivity contribution in [2.24, 2.45) is 4.99 Å². The van der Waals surface area contributed by atoms with E-state index in [-0.39, 0.29) is 5.91 Å². The number of aliphatic imine (C=N–C) groups is 1. The zero-order valence-corrected chi connectivity index (χ0v) is 12.7. The molecule has 0 fully saturated rings. The number of benzene rings is 1. The van der Waals surface area contributed by atoms with E-state index >= 15 is 0 Å². The lowest BCUT2D eigenvalue weighted by atomic mass is 9.91. The average molecular weight is 300 g/mol. The number of nitrogens with zero attached hydrogens (tertiary/aromatic N) is 3. The summed E-state index contributed by atoms with van der Waals surface area (Å²) in [7, 11) is 0. The summed E-state index contributed by atoms with van der Waals surface area (Å²) in [5.74, 6) is 0.232. The Bertz CT molecular complexity index is 645. The lowest BCUT2D eigenvalue weighted by Gasteiger charge is -2.35. The number of thioether (sulfide) groups is 1. The van der Waals surface area contributed by atoms with Crippen molar-refractivity contribution in [3.63, 3.8) is 0 Å². The molecule has 0 bridgehead atoms. The molecule has 5 nitrogen and oxygen atoms in total. The SMILES string of the molecule is CSC(=Nc1cc2c3c(c1)CCC(=O)N3CCC2)NC#N. The highest BCUT2D eigenvalue weighted by atomic mass is 32.2. The smallest absolute Gasteiger partial charge is 0.227 e. The molecule has 0 atom stereocenters. The molecule has 1 N–H and O–H groups in total. The Labute approximate surface area is 128 Å². The highest BCUT2D eigenvalue weighted by Gasteiger charge is 2.29. The molecule has 21 heavy (non-hydrogen) atoms. The van der Waals surface area contributed by atoms with Crippen molar-refractivity contribution >= 4 is 34.2 Å². The first kappa shape index (κ1) is 14.0. The summed E-state index contributed by atoms with van der Waals surface area (Å²) in [4.78, 5) is 18.4. The number of amides is 1. The number of aryl methyl sites for hydroxylation is 2. The minimum atomic E-state index is 0.232. The molecule has 1 aromatic carbocycles. The van der Waals surface area contributed by atoms with Gasteiger partial charge in [0.05, 0.1) is 11.4 Å². The van der Waals surface area contributed by atoms with Gasteiger partial charge in [-0.1, -0.05) is 11.8 Å². The summed E-state index contributed by atoms with van der Waals surface area (Å²) in [6, 6.07) is 4.08. The predicted molar refractivity (Wildman–Crippen MR) is 84.8 cm³/mol. The molecule has 3 rings (SSSR count). The summed E-state index contributed by atoms with van der Waals surface area (Å²) in [5, 5.41) is 11.9. The van der Waals surface area contributed by atoms with Crippen LogP contribution in [0, 0.1) is 11.5 Å². The molecular formula is C15H16N4OS. The lowest BCUT2D eigenvalue weighted by molar-refractivity contribution is -0.119. The first-order valence-electron chi connectivity index (χ1n) is 6.97. The molecule has 1 amide bonds. The van der Waals surface area contributed by atoms with Crippen LogP contribution in [0.5, 0.6) is 0 Å². The Morgan fingerprint density at radius 3 is 2.86 bits per heavy atom. The first-order valence-corrected chi connectivity index (χ1v) is 8.19. The molecule has 108 valence electrons. The van der Waals surface area contributed by atoms with Gasteiger partial charge in [0.25, 0.3) is 0 Å². The molecule has 2 aliphatic rings. The molecule has 0 spiro atoms. The van der Waals surface area contributed by atoms with Gasteiger partial charge in [-0.25, -0.2) is 4.99 Å². The molecule has 2 heterocycles. The van der Waals surface area contributed by atoms with Gasteiger partial charge < -0.3 is 4.90 Å². The lowest BCUT2D eigenvalue weighted by Crippen LogP contribution is -2.39. The standard InChI is InChI=1S/C15H16N4OS/c1-21-15(17-9-16)18-12-7-10-3-2-6-19-13(20)5-4-11(8-12)14(10)19/h7-8H,2-6H2,1H3,(H,17,18). The molecule has 2 aliphatic heterocycles. The van der Waals surface area contributed by atoms with E-state index in [2.05, 4.69) is 10.3 Å². The van der Waals surface area contributed by atoms with Crippen LogP contribution in [-0.4, -0.2) is 23.9 Å². The number of rotatable bonds is 1. The van der Waals surface area contributed by atoms with Gasteiger partial charge in [-0.2, -0.15) is 5.26 Å². The van der Waals surface area contributed by atoms with Crippen molar-refractivity contribution in [3.8, 4) is 6.19 Å². The highest BCUT2D eigenvalue weighted by molar-refractivity contribution is 8.13. The van der Waals surface area contributed by atoms with Crippen molar-refractivity contribution in [1.82, 2.24) is 5.32 Å². The van der Waals surface area contributed by atoms with Crippen molar-refractivity contribution < 1.29 is 4.79 Å². The predicted octanol–water partition coefficient (Wildman–Crippen LogP) is 2.33. The van der Waals surface area contributed by atoms with Gasteiger partial charge in [-0.15, -0.1) is 0 Å². The second-order valence-corrected chi connectivity index (χ2v) is 5.91. The maximum absolute atomic E-state index is 12.0. The van der Waals surface area contributed by atoms with Gasteiger partial charge in [0, 0.05) is 13.0 Å². The van der Waals surface area contributed by atoms with E-state index in [9.17, 15) is 4.79 Å². The van der Waals surface area contributed by atoms with Gasteiger partial charge in [-0.05, 0) is 48.8 Å². The second kappa shape index (κ2) is 5.78. The Balaban J connectivity index is 2.04. The van der Waals surface area contributed by atoms with Gasteiger partial charge in [0.1, 0.15) is 0 Å². The fourth-order valence-electron chi connectivity index (χ4n) is 2.99. The third-order valence-corrected chi connectivity index (χ3v) is 4.43. The minimum Gasteiger partial charge on any atom is -0.312 e. The number of nitrogens with one attached hydrogen (secondary N) is 1. The number of nitriles is 1. The fourth-order valence-corrected chi connectivity index (χ4v) is 3.33. The highest BCUT2D eigenvalue weighted by Crippen LogP contribution is 2.38. The maximum Gasteiger partial charge on any atom is 0.227 e. The quantitative estimate of drug-likeness (QED) is 0.374. The van der Waals surface area contributed by atoms with Crippen LogP contribution in [0.2, 0.25) is 0 Å². The largest absolute Gasteiger partial charge is 0.312 e. The fraction of sp³-hybridized carbons (Fsp3) is 0.400. The molecule has 0 saturated carbocycles. The van der Waals surface area contributed by atoms with Crippen molar-refractivity contribution in [2.45, 2.75) is 25.7 Å². The Morgan fingerprint density at radius 2 is 2.14 bits per heavy atom. The van der Waals surface area contributed by atoms with Crippen LogP contribution in [0.4, 0.5) is 11.4 Å². The zero-order chi connectivity index (χ0) is 14.8. The molecular weight excluding hydrogens is 284 g/mol. The Morgan fingerprint density at radius 1 is 1.38 bits per heavy atom. The number of amidine groups is 1. The second-order valence-electron chi connectivity index (χ2n) is 5.12. The van der Waals surface area contributed by atoms with Gasteiger partial charge in [-0.3, -0.25) is 10.1 Å². The van der Waals surface area contributed by atoms with Gasteiger partial charge in [0.2, 0.25) is 5.91 Å². The van der Waals surface area contributed by atoms with Crippen molar-refractivity contribution in [1.29, 1.82) is 5.26 Å². The number of hydrogen-bond donors (Lipinski definition) is 1. The van der Waals surface area contributed by atoms with E-state index in [0.29, 0.717) is 11.6 Å². The average Bonchev–Trinajstić information content (AvgIpc) is 2.50. The number of hydrogen-bond acceptors (Lipinski definition) is 4. The van der Waals surface area contributed by atoms with Crippen LogP contribution in [0.1, 0.15) is 24.0 Å². The van der Waals surface area contributed by atoms with Crippen LogP contribution in [0.3, 0.4) is 0 Å². The van der Waals surface area contributed by atoms with E-state index in [0.717, 1.165) is 37.2 Å². The zero-order valence-electron chi connectivity index (χ0n) is 11.8. The van der Waals surface area contributed by atoms with Gasteiger partial charge in [0.15, 0.2) is 11.4 Å². The molecule has 0 radical (unpaired) electrons. The summed E-state index contributed by atoms with van der Waals surface area (Å²) < 4.78 is 0. The summed E-state index contributed by atoms with van der Waals surface area (Å²) >= 11 is 1.41. The number of anilines is 1. The van der Waals surface area contributed by atoms with Crippen LogP contribution in [0.25, 0.3) is 0 Å². The molecule has 0 unspecified atom stereocenters. The summed E-state index contributed by atoms with van der Waals surface area (Å²) in [5.41, 5.74) is 4.35. The Hall–Kier alpha value is -2.00. The molecule has 0 aromatic heterocycles. The monoisotopic (exact) mass is 300 g/mol. The van der Waals surface area contributed by atoms with Gasteiger partial charge >= 0.3 is 0 Å². The molecule has 0 aliphatic carbocycles. The normalized spacial score (nSPS) is 17.2. The van der Waals surface area contributed by atoms with E-state index in [4.69, 9.17) is 5.26 Å². The third-order valence-electron chi connectivity index (χ3n) is 3.85. The molecule has 0 saturated heterocycles. The van der Waals surface area contributed by atoms with Crippen molar-refractivity contribution in [2.75, 3.05) is 17.7 Å². The van der Waals surface area contributed by atoms with E-state index < -0.39 is 0 Å². The van der Waals surface area contributed by atoms with Crippen molar-refractivity contribution in [3.05, 3.63) is 23.3 Å². The maximum atomic E-state index is 12.0. The number of carbonyl (C=O) groups is 1. The van der Waals surface area contributed by atoms with Crippen LogP contribution in [0.15, 0.2) is 17.1 Å². The Kier molecular flexibility index (Phi) is 3.84. The van der Waals surface area contributed by atoms with Crippen LogP contribution in [-0.2, 0) is 17.6 Å². The summed E-state index contributed by atoms with van der Waals surface area (Å²) in [6.07, 6.45) is 7.11. The minimum absolute atomic E-state index is 0.232. The van der Waals surface area contributed by atoms with E-state index in [1.165, 1.54) is 22.9 Å². The molecule has 1 aromatic rings. The third kappa shape index (κ3) is 2.61. The topological polar surface area (TPSA) is 68.5 Å². The number of carbonyl (C=O) groups excluding carboxylic acids is 1. The van der Waals surface area contributed by atoms with E-state index in [1.807, 2.05) is 29.5 Å². The van der Waals surface area contributed by atoms with E-state index in [1.54, 1.807) is 0 Å². The summed E-state index contributed by atoms with van der Waals surface area (Å²) in [6.45, 7) is 0.827. The van der Waals surface area contributed by atoms with Crippen LogP contribution >= 0.6 is 11.8 Å². The van der Waals surface area contributed by atoms with Crippen LogP contribution < -0.4 is 10.2 Å². The first-order chi connectivity index (χ1) is 10.2.